The summed E-state index contributed by atoms with van der Waals surface area (Å²) < 4.78 is 0. The monoisotopic (exact) mass is 401 g/mol. The Balaban J connectivity index is 1.76. The molecule has 0 spiro atoms. The van der Waals surface area contributed by atoms with Crippen LogP contribution in [0.25, 0.3) is 0 Å². The van der Waals surface area contributed by atoms with Crippen LogP contribution in [0.15, 0.2) is 54.6 Å². The van der Waals surface area contributed by atoms with Gasteiger partial charge in [-0.15, -0.1) is 0 Å². The van der Waals surface area contributed by atoms with Gasteiger partial charge in [0.2, 0.25) is 5.91 Å². The minimum atomic E-state index is -1.14. The third-order valence-electron chi connectivity index (χ3n) is 4.56. The Labute approximate surface area is 167 Å². The zero-order valence-corrected chi connectivity index (χ0v) is 15.8. The van der Waals surface area contributed by atoms with E-state index >= 15 is 0 Å². The molecule has 28 heavy (non-hydrogen) atoms. The van der Waals surface area contributed by atoms with Crippen molar-refractivity contribution < 1.29 is 19.5 Å². The first-order valence-electron chi connectivity index (χ1n) is 8.82. The summed E-state index contributed by atoms with van der Waals surface area (Å²) in [6.45, 7) is 0.790. The summed E-state index contributed by atoms with van der Waals surface area (Å²) in [7, 11) is 0. The van der Waals surface area contributed by atoms with Crippen LogP contribution in [0.2, 0.25) is 5.02 Å². The largest absolute Gasteiger partial charge is 0.481 e. The third kappa shape index (κ3) is 4.61. The molecular formula is C20H20ClN3O4. The van der Waals surface area contributed by atoms with Gasteiger partial charge in [-0.1, -0.05) is 48.0 Å². The molecule has 1 aliphatic rings. The van der Waals surface area contributed by atoms with E-state index in [2.05, 4.69) is 5.32 Å². The van der Waals surface area contributed by atoms with Crippen molar-refractivity contribution in [1.29, 1.82) is 0 Å². The zero-order chi connectivity index (χ0) is 20.1. The summed E-state index contributed by atoms with van der Waals surface area (Å²) in [4.78, 5) is 39.7. The maximum absolute atomic E-state index is 12.9. The van der Waals surface area contributed by atoms with E-state index in [9.17, 15) is 19.5 Å². The lowest BCUT2D eigenvalue weighted by Gasteiger charge is -2.40. The number of urea groups is 1. The summed E-state index contributed by atoms with van der Waals surface area (Å²) in [6, 6.07) is 14.4. The molecule has 8 heteroatoms. The lowest BCUT2D eigenvalue weighted by atomic mass is 10.1. The zero-order valence-electron chi connectivity index (χ0n) is 15.0. The number of amides is 3. The number of carbonyl (C=O) groups is 3. The number of carboxylic acid groups (broad SMARTS) is 1. The van der Waals surface area contributed by atoms with Crippen molar-refractivity contribution in [3.05, 3.63) is 65.2 Å². The molecular weight excluding hydrogens is 382 g/mol. The van der Waals surface area contributed by atoms with Gasteiger partial charge in [-0.2, -0.15) is 0 Å². The van der Waals surface area contributed by atoms with Crippen LogP contribution in [0, 0.1) is 0 Å². The van der Waals surface area contributed by atoms with Gasteiger partial charge in [0.15, 0.2) is 0 Å². The van der Waals surface area contributed by atoms with Crippen molar-refractivity contribution in [3.8, 4) is 0 Å². The van der Waals surface area contributed by atoms with Crippen molar-refractivity contribution in [2.24, 2.45) is 0 Å². The van der Waals surface area contributed by atoms with Crippen LogP contribution in [-0.2, 0) is 16.1 Å². The second-order valence-electron chi connectivity index (χ2n) is 6.45. The summed E-state index contributed by atoms with van der Waals surface area (Å²) >= 11 is 6.17. The van der Waals surface area contributed by atoms with Crippen LogP contribution in [0.5, 0.6) is 0 Å². The number of hydrogen-bond acceptors (Lipinski definition) is 3. The molecule has 7 nitrogen and oxygen atoms in total. The fraction of sp³-hybridized carbons (Fsp3) is 0.250. The Kier molecular flexibility index (Phi) is 6.16. The molecule has 1 heterocycles. The van der Waals surface area contributed by atoms with E-state index in [1.807, 2.05) is 18.2 Å². The van der Waals surface area contributed by atoms with Crippen molar-refractivity contribution in [2.45, 2.75) is 19.0 Å². The van der Waals surface area contributed by atoms with Gasteiger partial charge in [0.1, 0.15) is 6.04 Å². The summed E-state index contributed by atoms with van der Waals surface area (Å²) in [6.07, 6.45) is -0.458. The average Bonchev–Trinajstić information content (AvgIpc) is 2.67. The molecule has 0 aliphatic carbocycles. The molecule has 1 atom stereocenters. The SMILES string of the molecule is O=C(O)CC1C(=O)N(Cc2ccccc2Cl)CCN1C(=O)Nc1ccccc1. The highest BCUT2D eigenvalue weighted by Gasteiger charge is 2.39. The first-order chi connectivity index (χ1) is 13.5. The van der Waals surface area contributed by atoms with Gasteiger partial charge in [-0.25, -0.2) is 4.79 Å². The van der Waals surface area contributed by atoms with Crippen LogP contribution in [0.3, 0.4) is 0 Å². The highest BCUT2D eigenvalue weighted by atomic mass is 35.5. The standard InChI is InChI=1S/C20H20ClN3O4/c21-16-9-5-4-6-14(16)13-23-10-11-24(17(19(23)27)12-18(25)26)20(28)22-15-7-2-1-3-8-15/h1-9,17H,10-13H2,(H,22,28)(H,25,26). The second kappa shape index (κ2) is 8.75. The first kappa shape index (κ1) is 19.7. The minimum Gasteiger partial charge on any atom is -0.481 e. The number of rotatable bonds is 5. The van der Waals surface area contributed by atoms with Crippen LogP contribution in [0.1, 0.15) is 12.0 Å². The Bertz CT molecular complexity index is 875. The Hall–Kier alpha value is -3.06. The van der Waals surface area contributed by atoms with Crippen molar-refractivity contribution >= 4 is 35.2 Å². The molecule has 0 radical (unpaired) electrons. The number of carboxylic acids is 1. The predicted molar refractivity (Wildman–Crippen MR) is 105 cm³/mol. The molecule has 146 valence electrons. The molecule has 3 rings (SSSR count). The Morgan fingerprint density at radius 1 is 1.07 bits per heavy atom. The summed E-state index contributed by atoms with van der Waals surface area (Å²) in [5.74, 6) is -1.55. The molecule has 0 aromatic heterocycles. The molecule has 1 saturated heterocycles. The van der Waals surface area contributed by atoms with Gasteiger partial charge >= 0.3 is 12.0 Å². The van der Waals surface area contributed by atoms with Gasteiger partial charge in [-0.3, -0.25) is 9.59 Å². The third-order valence-corrected chi connectivity index (χ3v) is 4.93. The number of piperazine rings is 1. The number of carbonyl (C=O) groups excluding carboxylic acids is 2. The predicted octanol–water partition coefficient (Wildman–Crippen LogP) is 3.06. The van der Waals surface area contributed by atoms with Gasteiger partial charge < -0.3 is 20.2 Å². The minimum absolute atomic E-state index is 0.229. The molecule has 1 unspecified atom stereocenters. The number of halogens is 1. The summed E-state index contributed by atoms with van der Waals surface area (Å²) in [5, 5.41) is 12.5. The lowest BCUT2D eigenvalue weighted by molar-refractivity contribution is -0.147. The topological polar surface area (TPSA) is 90.0 Å². The number of aliphatic carboxylic acids is 1. The summed E-state index contributed by atoms with van der Waals surface area (Å²) in [5.41, 5.74) is 1.35. The van der Waals surface area contributed by atoms with Crippen LogP contribution in [0.4, 0.5) is 10.5 Å². The van der Waals surface area contributed by atoms with E-state index in [1.165, 1.54) is 4.90 Å². The van der Waals surface area contributed by atoms with Gasteiger partial charge in [0, 0.05) is 30.3 Å². The molecule has 2 N–H and O–H groups in total. The Morgan fingerprint density at radius 2 is 1.75 bits per heavy atom. The van der Waals surface area contributed by atoms with E-state index in [4.69, 9.17) is 11.6 Å². The molecule has 2 aromatic carbocycles. The van der Waals surface area contributed by atoms with Crippen LogP contribution >= 0.6 is 11.6 Å². The quantitative estimate of drug-likeness (QED) is 0.805. The van der Waals surface area contributed by atoms with E-state index in [0.29, 0.717) is 17.3 Å². The average molecular weight is 402 g/mol. The van der Waals surface area contributed by atoms with Gasteiger partial charge in [0.25, 0.3) is 0 Å². The van der Waals surface area contributed by atoms with Crippen LogP contribution in [-0.4, -0.2) is 51.9 Å². The highest BCUT2D eigenvalue weighted by molar-refractivity contribution is 6.31. The van der Waals surface area contributed by atoms with Gasteiger partial charge in [-0.05, 0) is 23.8 Å². The lowest BCUT2D eigenvalue weighted by Crippen LogP contribution is -2.59. The number of hydrogen-bond donors (Lipinski definition) is 2. The fourth-order valence-corrected chi connectivity index (χ4v) is 3.35. The Morgan fingerprint density at radius 3 is 2.43 bits per heavy atom. The van der Waals surface area contributed by atoms with E-state index < -0.39 is 30.4 Å². The molecule has 0 bridgehead atoms. The molecule has 2 aromatic rings. The number of anilines is 1. The van der Waals surface area contributed by atoms with Crippen molar-refractivity contribution in [3.63, 3.8) is 0 Å². The molecule has 0 saturated carbocycles. The number of nitrogens with one attached hydrogen (secondary N) is 1. The normalized spacial score (nSPS) is 16.8. The number of para-hydroxylation sites is 1. The van der Waals surface area contributed by atoms with Crippen molar-refractivity contribution in [1.82, 2.24) is 9.80 Å². The van der Waals surface area contributed by atoms with E-state index in [0.717, 1.165) is 5.56 Å². The maximum atomic E-state index is 12.9. The van der Waals surface area contributed by atoms with Gasteiger partial charge in [0.05, 0.1) is 6.42 Å². The smallest absolute Gasteiger partial charge is 0.322 e. The number of benzene rings is 2. The highest BCUT2D eigenvalue weighted by Crippen LogP contribution is 2.22. The number of nitrogens with zero attached hydrogens (tertiary/aromatic N) is 2. The van der Waals surface area contributed by atoms with E-state index in [1.54, 1.807) is 41.3 Å². The van der Waals surface area contributed by atoms with Crippen molar-refractivity contribution in [2.75, 3.05) is 18.4 Å². The van der Waals surface area contributed by atoms with E-state index in [-0.39, 0.29) is 13.1 Å². The first-order valence-corrected chi connectivity index (χ1v) is 9.20. The second-order valence-corrected chi connectivity index (χ2v) is 6.86. The fourth-order valence-electron chi connectivity index (χ4n) is 3.15. The molecule has 1 fully saturated rings. The maximum Gasteiger partial charge on any atom is 0.322 e. The van der Waals surface area contributed by atoms with Crippen LogP contribution < -0.4 is 5.32 Å². The molecule has 1 aliphatic heterocycles. The molecule has 3 amide bonds.